The minimum atomic E-state index is -3.54. The number of sulfonamides is 1. The molecule has 0 aromatic heterocycles. The molecule has 2 aliphatic rings. The van der Waals surface area contributed by atoms with Gasteiger partial charge in [0.15, 0.2) is 0 Å². The van der Waals surface area contributed by atoms with Gasteiger partial charge in [0.05, 0.1) is 22.9 Å². The quantitative estimate of drug-likeness (QED) is 0.844. The molecule has 0 amide bonds. The van der Waals surface area contributed by atoms with E-state index in [1.54, 1.807) is 12.1 Å². The van der Waals surface area contributed by atoms with Crippen LogP contribution in [0.1, 0.15) is 24.8 Å². The molecule has 1 aliphatic heterocycles. The van der Waals surface area contributed by atoms with Crippen LogP contribution in [-0.4, -0.2) is 20.7 Å². The first-order valence-corrected chi connectivity index (χ1v) is 9.13. The predicted octanol–water partition coefficient (Wildman–Crippen LogP) is 3.38. The maximum absolute atomic E-state index is 12.7. The van der Waals surface area contributed by atoms with E-state index in [2.05, 4.69) is 6.07 Å². The van der Waals surface area contributed by atoms with Crippen molar-refractivity contribution in [3.05, 3.63) is 27.7 Å². The van der Waals surface area contributed by atoms with E-state index in [-0.39, 0.29) is 5.75 Å². The zero-order valence-electron chi connectivity index (χ0n) is 11.3. The van der Waals surface area contributed by atoms with Crippen LogP contribution in [0.15, 0.2) is 12.1 Å². The van der Waals surface area contributed by atoms with Crippen molar-refractivity contribution in [2.45, 2.75) is 25.7 Å². The number of hydrogen-bond acceptors (Lipinski definition) is 3. The van der Waals surface area contributed by atoms with Crippen LogP contribution in [0.3, 0.4) is 0 Å². The number of fused-ring (bicyclic) bond motifs is 1. The molecule has 0 spiro atoms. The van der Waals surface area contributed by atoms with E-state index in [1.807, 2.05) is 0 Å². The average molecular weight is 345 g/mol. The van der Waals surface area contributed by atoms with Gasteiger partial charge in [-0.05, 0) is 43.4 Å². The maximum atomic E-state index is 12.7. The number of nitriles is 1. The Balaban J connectivity index is 2.00. The molecule has 0 bridgehead atoms. The fourth-order valence-electron chi connectivity index (χ4n) is 2.74. The summed E-state index contributed by atoms with van der Waals surface area (Å²) in [7, 11) is -3.54. The van der Waals surface area contributed by atoms with Crippen molar-refractivity contribution < 1.29 is 8.42 Å². The molecule has 3 rings (SSSR count). The molecule has 4 nitrogen and oxygen atoms in total. The van der Waals surface area contributed by atoms with E-state index >= 15 is 0 Å². The number of halogens is 2. The second-order valence-electron chi connectivity index (χ2n) is 5.71. The molecule has 1 fully saturated rings. The number of anilines is 1. The Bertz CT molecular complexity index is 736. The third-order valence-electron chi connectivity index (χ3n) is 4.08. The second kappa shape index (κ2) is 5.05. The van der Waals surface area contributed by atoms with Gasteiger partial charge >= 0.3 is 0 Å². The number of nitrogens with zero attached hydrogens (tertiary/aromatic N) is 2. The van der Waals surface area contributed by atoms with Crippen LogP contribution < -0.4 is 4.31 Å². The van der Waals surface area contributed by atoms with Gasteiger partial charge in [-0.1, -0.05) is 23.2 Å². The lowest BCUT2D eigenvalue weighted by Gasteiger charge is -2.31. The summed E-state index contributed by atoms with van der Waals surface area (Å²) in [5, 5.41) is 10.0. The molecular weight excluding hydrogens is 331 g/mol. The van der Waals surface area contributed by atoms with Crippen molar-refractivity contribution in [1.82, 2.24) is 0 Å². The van der Waals surface area contributed by atoms with E-state index < -0.39 is 15.4 Å². The third-order valence-corrected chi connectivity index (χ3v) is 6.60. The van der Waals surface area contributed by atoms with Crippen LogP contribution >= 0.6 is 23.2 Å². The Labute approximate surface area is 134 Å². The minimum Gasteiger partial charge on any atom is -0.270 e. The van der Waals surface area contributed by atoms with Crippen LogP contribution in [0.25, 0.3) is 0 Å². The van der Waals surface area contributed by atoms with Gasteiger partial charge in [-0.15, -0.1) is 0 Å². The topological polar surface area (TPSA) is 61.2 Å². The standard InChI is InChI=1S/C14H14Cl2N2O2S/c15-10-6-12(16)11-2-1-5-18(13(11)7-10)21(19,20)9-14(8-17)3-4-14/h6-7H,1-5,9H2. The zero-order valence-corrected chi connectivity index (χ0v) is 13.6. The minimum absolute atomic E-state index is 0.125. The lowest BCUT2D eigenvalue weighted by atomic mass is 10.0. The Morgan fingerprint density at radius 3 is 2.67 bits per heavy atom. The van der Waals surface area contributed by atoms with E-state index in [0.29, 0.717) is 41.5 Å². The molecule has 1 aliphatic carbocycles. The first-order chi connectivity index (χ1) is 9.87. The summed E-state index contributed by atoms with van der Waals surface area (Å²) in [6, 6.07) is 5.42. The van der Waals surface area contributed by atoms with E-state index in [4.69, 9.17) is 28.5 Å². The summed E-state index contributed by atoms with van der Waals surface area (Å²) < 4.78 is 26.7. The van der Waals surface area contributed by atoms with Crippen LogP contribution in [-0.2, 0) is 16.4 Å². The number of hydrogen-bond donors (Lipinski definition) is 0. The monoisotopic (exact) mass is 344 g/mol. The second-order valence-corrected chi connectivity index (χ2v) is 8.45. The van der Waals surface area contributed by atoms with Crippen molar-refractivity contribution in [2.75, 3.05) is 16.6 Å². The van der Waals surface area contributed by atoms with Crippen molar-refractivity contribution in [2.24, 2.45) is 5.41 Å². The van der Waals surface area contributed by atoms with Crippen molar-refractivity contribution in [3.8, 4) is 6.07 Å². The summed E-state index contributed by atoms with van der Waals surface area (Å²) in [6.45, 7) is 0.410. The molecule has 21 heavy (non-hydrogen) atoms. The highest BCUT2D eigenvalue weighted by atomic mass is 35.5. The van der Waals surface area contributed by atoms with Crippen LogP contribution in [0, 0.1) is 16.7 Å². The molecule has 0 saturated heterocycles. The zero-order chi connectivity index (χ0) is 15.3. The Kier molecular flexibility index (Phi) is 3.59. The molecule has 0 atom stereocenters. The Morgan fingerprint density at radius 1 is 1.33 bits per heavy atom. The van der Waals surface area contributed by atoms with Crippen LogP contribution in [0.4, 0.5) is 5.69 Å². The summed E-state index contributed by atoms with van der Waals surface area (Å²) in [5.41, 5.74) is 0.684. The van der Waals surface area contributed by atoms with Crippen molar-refractivity contribution in [1.29, 1.82) is 5.26 Å². The molecule has 1 aromatic rings. The van der Waals surface area contributed by atoms with Gasteiger partial charge in [-0.3, -0.25) is 4.31 Å². The molecule has 0 unspecified atom stereocenters. The third kappa shape index (κ3) is 2.73. The molecular formula is C14H14Cl2N2O2S. The summed E-state index contributed by atoms with van der Waals surface area (Å²) in [6.07, 6.45) is 2.76. The van der Waals surface area contributed by atoms with Gasteiger partial charge in [-0.25, -0.2) is 8.42 Å². The van der Waals surface area contributed by atoms with Gasteiger partial charge in [-0.2, -0.15) is 5.26 Å². The van der Waals surface area contributed by atoms with Gasteiger partial charge in [0.25, 0.3) is 0 Å². The van der Waals surface area contributed by atoms with E-state index in [0.717, 1.165) is 12.0 Å². The first kappa shape index (κ1) is 15.0. The fourth-order valence-corrected chi connectivity index (χ4v) is 5.39. The fraction of sp³-hybridized carbons (Fsp3) is 0.500. The summed E-state index contributed by atoms with van der Waals surface area (Å²) >= 11 is 12.2. The van der Waals surface area contributed by atoms with Gasteiger partial charge in [0.2, 0.25) is 10.0 Å². The smallest absolute Gasteiger partial charge is 0.236 e. The van der Waals surface area contributed by atoms with Gasteiger partial charge < -0.3 is 0 Å². The number of rotatable bonds is 3. The summed E-state index contributed by atoms with van der Waals surface area (Å²) in [5.74, 6) is -0.125. The number of benzene rings is 1. The molecule has 1 heterocycles. The molecule has 1 aromatic carbocycles. The maximum Gasteiger partial charge on any atom is 0.236 e. The normalized spacial score (nSPS) is 19.8. The van der Waals surface area contributed by atoms with Crippen molar-refractivity contribution >= 4 is 38.9 Å². The van der Waals surface area contributed by atoms with E-state index in [9.17, 15) is 8.42 Å². The van der Waals surface area contributed by atoms with Crippen LogP contribution in [0.2, 0.25) is 10.0 Å². The van der Waals surface area contributed by atoms with Crippen LogP contribution in [0.5, 0.6) is 0 Å². The Morgan fingerprint density at radius 2 is 2.05 bits per heavy atom. The van der Waals surface area contributed by atoms with E-state index in [1.165, 1.54) is 4.31 Å². The first-order valence-electron chi connectivity index (χ1n) is 6.76. The highest BCUT2D eigenvalue weighted by Crippen LogP contribution is 2.47. The molecule has 0 radical (unpaired) electrons. The average Bonchev–Trinajstić information content (AvgIpc) is 3.17. The summed E-state index contributed by atoms with van der Waals surface area (Å²) in [4.78, 5) is 0. The van der Waals surface area contributed by atoms with Gasteiger partial charge in [0.1, 0.15) is 0 Å². The van der Waals surface area contributed by atoms with Crippen molar-refractivity contribution in [3.63, 3.8) is 0 Å². The molecule has 112 valence electrons. The largest absolute Gasteiger partial charge is 0.270 e. The predicted molar refractivity (Wildman–Crippen MR) is 83.2 cm³/mol. The Hall–Kier alpha value is -0.960. The molecule has 0 N–H and O–H groups in total. The SMILES string of the molecule is N#CC1(CS(=O)(=O)N2CCCc3c(Cl)cc(Cl)cc32)CC1. The van der Waals surface area contributed by atoms with Gasteiger partial charge in [0, 0.05) is 16.6 Å². The molecule has 7 heteroatoms. The molecule has 1 saturated carbocycles. The highest BCUT2D eigenvalue weighted by molar-refractivity contribution is 7.92. The highest BCUT2D eigenvalue weighted by Gasteiger charge is 2.48. The lowest BCUT2D eigenvalue weighted by molar-refractivity contribution is 0.574. The lowest BCUT2D eigenvalue weighted by Crippen LogP contribution is -2.39.